The topological polar surface area (TPSA) is 38.7 Å². The molecule has 0 heterocycles. The van der Waals surface area contributed by atoms with E-state index in [1.165, 1.54) is 5.56 Å². The number of aryl methyl sites for hydroxylation is 1. The molecule has 2 rings (SSSR count). The normalized spacial score (nSPS) is 19.2. The average Bonchev–Trinajstić information content (AvgIpc) is 2.30. The first-order valence-electron chi connectivity index (χ1n) is 5.82. The molecular weight excluding hydrogens is 204 g/mol. The van der Waals surface area contributed by atoms with Crippen LogP contribution in [0.3, 0.4) is 0 Å². The maximum atomic E-state index is 9.87. The van der Waals surface area contributed by atoms with Crippen LogP contribution in [0, 0.1) is 0 Å². The van der Waals surface area contributed by atoms with Crippen molar-refractivity contribution in [1.82, 2.24) is 0 Å². The lowest BCUT2D eigenvalue weighted by Crippen LogP contribution is -2.10. The zero-order chi connectivity index (χ0) is 11.4. The Labute approximate surface area is 96.0 Å². The van der Waals surface area contributed by atoms with E-state index in [0.717, 1.165) is 30.6 Å². The predicted molar refractivity (Wildman–Crippen MR) is 61.5 cm³/mol. The van der Waals surface area contributed by atoms with Crippen LogP contribution >= 0.6 is 0 Å². The summed E-state index contributed by atoms with van der Waals surface area (Å²) >= 11 is 0. The van der Waals surface area contributed by atoms with Gasteiger partial charge in [0.15, 0.2) is 6.79 Å². The Kier molecular flexibility index (Phi) is 3.80. The summed E-state index contributed by atoms with van der Waals surface area (Å²) in [5, 5.41) is 9.87. The van der Waals surface area contributed by atoms with E-state index in [1.807, 2.05) is 25.1 Å². The Morgan fingerprint density at radius 1 is 1.44 bits per heavy atom. The SMILES string of the molecule is CCOCOc1ccc2c(c1)C(O)CCC2. The van der Waals surface area contributed by atoms with Crippen molar-refractivity contribution in [3.63, 3.8) is 0 Å². The van der Waals surface area contributed by atoms with Crippen LogP contribution in [0.25, 0.3) is 0 Å². The lowest BCUT2D eigenvalue weighted by molar-refractivity contribution is 0.0221. The Balaban J connectivity index is 2.08. The first-order valence-corrected chi connectivity index (χ1v) is 5.82. The van der Waals surface area contributed by atoms with Crippen molar-refractivity contribution in [3.05, 3.63) is 29.3 Å². The van der Waals surface area contributed by atoms with Gasteiger partial charge in [0.25, 0.3) is 0 Å². The highest BCUT2D eigenvalue weighted by atomic mass is 16.7. The van der Waals surface area contributed by atoms with Crippen LogP contribution in [-0.4, -0.2) is 18.5 Å². The molecule has 1 aromatic rings. The molecule has 16 heavy (non-hydrogen) atoms. The van der Waals surface area contributed by atoms with Crippen LogP contribution < -0.4 is 4.74 Å². The van der Waals surface area contributed by atoms with Crippen LogP contribution in [0.5, 0.6) is 5.75 Å². The second-order valence-electron chi connectivity index (χ2n) is 4.02. The minimum Gasteiger partial charge on any atom is -0.468 e. The Morgan fingerprint density at radius 3 is 3.12 bits per heavy atom. The van der Waals surface area contributed by atoms with E-state index >= 15 is 0 Å². The summed E-state index contributed by atoms with van der Waals surface area (Å²) in [6.07, 6.45) is 2.63. The van der Waals surface area contributed by atoms with Gasteiger partial charge in [-0.1, -0.05) is 6.07 Å². The number of aliphatic hydroxyl groups is 1. The molecular formula is C13H18O3. The monoisotopic (exact) mass is 222 g/mol. The Morgan fingerprint density at radius 2 is 2.31 bits per heavy atom. The highest BCUT2D eigenvalue weighted by Gasteiger charge is 2.18. The van der Waals surface area contributed by atoms with Gasteiger partial charge in [-0.15, -0.1) is 0 Å². The summed E-state index contributed by atoms with van der Waals surface area (Å²) < 4.78 is 10.6. The largest absolute Gasteiger partial charge is 0.468 e. The molecule has 1 aliphatic carbocycles. The van der Waals surface area contributed by atoms with Crippen molar-refractivity contribution in [2.75, 3.05) is 13.4 Å². The second kappa shape index (κ2) is 5.32. The van der Waals surface area contributed by atoms with Gasteiger partial charge in [0, 0.05) is 6.61 Å². The van der Waals surface area contributed by atoms with E-state index in [4.69, 9.17) is 9.47 Å². The Bertz CT molecular complexity index is 349. The number of hydrogen-bond acceptors (Lipinski definition) is 3. The van der Waals surface area contributed by atoms with E-state index in [0.29, 0.717) is 6.61 Å². The smallest absolute Gasteiger partial charge is 0.189 e. The Hall–Kier alpha value is -1.06. The molecule has 88 valence electrons. The van der Waals surface area contributed by atoms with Crippen molar-refractivity contribution in [1.29, 1.82) is 0 Å². The van der Waals surface area contributed by atoms with Crippen molar-refractivity contribution in [3.8, 4) is 5.75 Å². The van der Waals surface area contributed by atoms with Crippen LogP contribution in [0.15, 0.2) is 18.2 Å². The fourth-order valence-electron chi connectivity index (χ4n) is 2.04. The van der Waals surface area contributed by atoms with E-state index in [2.05, 4.69) is 0 Å². The molecule has 0 aliphatic heterocycles. The van der Waals surface area contributed by atoms with Crippen molar-refractivity contribution < 1.29 is 14.6 Å². The van der Waals surface area contributed by atoms with E-state index in [1.54, 1.807) is 0 Å². The van der Waals surface area contributed by atoms with Gasteiger partial charge >= 0.3 is 0 Å². The molecule has 0 bridgehead atoms. The average molecular weight is 222 g/mol. The van der Waals surface area contributed by atoms with Gasteiger partial charge in [-0.3, -0.25) is 0 Å². The molecule has 1 N–H and O–H groups in total. The number of aliphatic hydroxyl groups excluding tert-OH is 1. The molecule has 1 unspecified atom stereocenters. The molecule has 0 saturated carbocycles. The fraction of sp³-hybridized carbons (Fsp3) is 0.538. The number of hydrogen-bond donors (Lipinski definition) is 1. The number of ether oxygens (including phenoxy) is 2. The molecule has 0 aromatic heterocycles. The van der Waals surface area contributed by atoms with Crippen molar-refractivity contribution in [2.24, 2.45) is 0 Å². The third-order valence-electron chi connectivity index (χ3n) is 2.91. The lowest BCUT2D eigenvalue weighted by Gasteiger charge is -2.21. The highest BCUT2D eigenvalue weighted by Crippen LogP contribution is 2.32. The summed E-state index contributed by atoms with van der Waals surface area (Å²) in [7, 11) is 0. The maximum Gasteiger partial charge on any atom is 0.189 e. The summed E-state index contributed by atoms with van der Waals surface area (Å²) in [6, 6.07) is 5.91. The van der Waals surface area contributed by atoms with Crippen molar-refractivity contribution in [2.45, 2.75) is 32.3 Å². The zero-order valence-corrected chi connectivity index (χ0v) is 9.61. The summed E-state index contributed by atoms with van der Waals surface area (Å²) in [5.41, 5.74) is 2.25. The molecule has 0 fully saturated rings. The van der Waals surface area contributed by atoms with Crippen molar-refractivity contribution >= 4 is 0 Å². The fourth-order valence-corrected chi connectivity index (χ4v) is 2.04. The van der Waals surface area contributed by atoms with E-state index in [-0.39, 0.29) is 12.9 Å². The van der Waals surface area contributed by atoms with Gasteiger partial charge in [0.2, 0.25) is 0 Å². The first-order chi connectivity index (χ1) is 7.81. The molecule has 1 aromatic carbocycles. The predicted octanol–water partition coefficient (Wildman–Crippen LogP) is 2.43. The minimum atomic E-state index is -0.334. The third kappa shape index (κ3) is 2.54. The maximum absolute atomic E-state index is 9.87. The second-order valence-corrected chi connectivity index (χ2v) is 4.02. The summed E-state index contributed by atoms with van der Waals surface area (Å²) in [6.45, 7) is 2.85. The van der Waals surface area contributed by atoms with E-state index in [9.17, 15) is 5.11 Å². The minimum absolute atomic E-state index is 0.269. The highest BCUT2D eigenvalue weighted by molar-refractivity contribution is 5.38. The molecule has 3 nitrogen and oxygen atoms in total. The van der Waals surface area contributed by atoms with Crippen LogP contribution in [0.4, 0.5) is 0 Å². The molecule has 0 saturated heterocycles. The van der Waals surface area contributed by atoms with Crippen LogP contribution in [0.2, 0.25) is 0 Å². The van der Waals surface area contributed by atoms with Gasteiger partial charge in [-0.05, 0) is 49.4 Å². The molecule has 0 radical (unpaired) electrons. The van der Waals surface area contributed by atoms with Gasteiger partial charge in [-0.2, -0.15) is 0 Å². The number of benzene rings is 1. The number of rotatable bonds is 4. The van der Waals surface area contributed by atoms with Gasteiger partial charge in [0.1, 0.15) is 5.75 Å². The summed E-state index contributed by atoms with van der Waals surface area (Å²) in [5.74, 6) is 0.771. The molecule has 0 spiro atoms. The lowest BCUT2D eigenvalue weighted by atomic mass is 9.89. The molecule has 1 atom stereocenters. The van der Waals surface area contributed by atoms with Crippen LogP contribution in [0.1, 0.15) is 37.0 Å². The molecule has 1 aliphatic rings. The number of fused-ring (bicyclic) bond motifs is 1. The van der Waals surface area contributed by atoms with Gasteiger partial charge in [0.05, 0.1) is 6.10 Å². The third-order valence-corrected chi connectivity index (χ3v) is 2.91. The standard InChI is InChI=1S/C13H18O3/c1-2-15-9-16-11-7-6-10-4-3-5-13(14)12(10)8-11/h6-8,13-14H,2-5,9H2,1H3. The quantitative estimate of drug-likeness (QED) is 0.628. The zero-order valence-electron chi connectivity index (χ0n) is 9.61. The van der Waals surface area contributed by atoms with Crippen LogP contribution in [-0.2, 0) is 11.2 Å². The summed E-state index contributed by atoms with van der Waals surface area (Å²) in [4.78, 5) is 0. The van der Waals surface area contributed by atoms with E-state index < -0.39 is 0 Å². The molecule has 0 amide bonds. The van der Waals surface area contributed by atoms with Gasteiger partial charge < -0.3 is 14.6 Å². The molecule has 3 heteroatoms. The first kappa shape index (κ1) is 11.4. The van der Waals surface area contributed by atoms with Gasteiger partial charge in [-0.25, -0.2) is 0 Å².